The van der Waals surface area contributed by atoms with Gasteiger partial charge in [-0.25, -0.2) is 4.68 Å². The van der Waals surface area contributed by atoms with Crippen molar-refractivity contribution in [1.29, 1.82) is 0 Å². The van der Waals surface area contributed by atoms with Crippen LogP contribution in [0.2, 0.25) is 0 Å². The summed E-state index contributed by atoms with van der Waals surface area (Å²) in [5, 5.41) is 11.6. The number of nitrogen functional groups attached to an aromatic ring is 1. The third kappa shape index (κ3) is 2.73. The summed E-state index contributed by atoms with van der Waals surface area (Å²) in [6.45, 7) is 1.94. The van der Waals surface area contributed by atoms with E-state index >= 15 is 0 Å². The predicted molar refractivity (Wildman–Crippen MR) is 71.3 cm³/mol. The highest BCUT2D eigenvalue weighted by molar-refractivity contribution is 7.84. The van der Waals surface area contributed by atoms with Gasteiger partial charge in [0.25, 0.3) is 0 Å². The van der Waals surface area contributed by atoms with Crippen LogP contribution in [0.4, 0.5) is 5.69 Å². The molecule has 0 saturated heterocycles. The molecule has 0 fully saturated rings. The first-order valence-corrected chi connectivity index (χ1v) is 7.24. The fourth-order valence-electron chi connectivity index (χ4n) is 1.72. The van der Waals surface area contributed by atoms with E-state index in [1.165, 1.54) is 0 Å². The average molecular weight is 265 g/mol. The van der Waals surface area contributed by atoms with E-state index in [2.05, 4.69) is 15.5 Å². The minimum absolute atomic E-state index is 0.0154. The molecular formula is C11H15N5OS. The summed E-state index contributed by atoms with van der Waals surface area (Å²) in [5.41, 5.74) is 7.23. The van der Waals surface area contributed by atoms with Crippen LogP contribution in [-0.2, 0) is 10.8 Å². The van der Waals surface area contributed by atoms with Crippen LogP contribution < -0.4 is 5.73 Å². The van der Waals surface area contributed by atoms with Crippen LogP contribution in [0.5, 0.6) is 0 Å². The Labute approximate surface area is 108 Å². The van der Waals surface area contributed by atoms with Crippen molar-refractivity contribution in [3.63, 3.8) is 0 Å². The van der Waals surface area contributed by atoms with Gasteiger partial charge in [-0.05, 0) is 41.6 Å². The Hall–Kier alpha value is -1.76. The second-order valence-corrected chi connectivity index (χ2v) is 5.64. The van der Waals surface area contributed by atoms with Gasteiger partial charge in [-0.15, -0.1) is 5.10 Å². The molecule has 0 saturated carbocycles. The minimum atomic E-state index is -0.885. The number of nitrogens with two attached hydrogens (primary N) is 1. The van der Waals surface area contributed by atoms with Crippen LogP contribution >= 0.6 is 0 Å². The highest BCUT2D eigenvalue weighted by Crippen LogP contribution is 2.20. The van der Waals surface area contributed by atoms with Crippen molar-refractivity contribution in [1.82, 2.24) is 20.2 Å². The first-order valence-electron chi connectivity index (χ1n) is 5.51. The van der Waals surface area contributed by atoms with Gasteiger partial charge in [0.05, 0.1) is 6.04 Å². The number of hydrogen-bond acceptors (Lipinski definition) is 5. The number of nitrogens with zero attached hydrogens (tertiary/aromatic N) is 4. The number of aromatic nitrogens is 4. The molecule has 0 radical (unpaired) electrons. The summed E-state index contributed by atoms with van der Waals surface area (Å²) >= 11 is 0. The first-order chi connectivity index (χ1) is 8.58. The summed E-state index contributed by atoms with van der Waals surface area (Å²) in [7, 11) is -0.885. The number of hydrogen-bond donors (Lipinski definition) is 1. The molecule has 1 aromatic carbocycles. The van der Waals surface area contributed by atoms with Crippen molar-refractivity contribution in [3.8, 4) is 11.4 Å². The molecule has 0 spiro atoms. The largest absolute Gasteiger partial charge is 0.399 e. The van der Waals surface area contributed by atoms with Crippen LogP contribution in [0, 0.1) is 0 Å². The van der Waals surface area contributed by atoms with E-state index in [0.717, 1.165) is 5.56 Å². The van der Waals surface area contributed by atoms with Crippen LogP contribution in [0.25, 0.3) is 11.4 Å². The summed E-state index contributed by atoms with van der Waals surface area (Å²) in [5.74, 6) is 1.18. The molecule has 2 unspecified atom stereocenters. The monoisotopic (exact) mass is 265 g/mol. The standard InChI is InChI=1S/C11H15N5OS/c1-8(7-18(2)17)16-11(13-14-15-16)9-3-5-10(12)6-4-9/h3-6,8H,7,12H2,1-2H3. The quantitative estimate of drug-likeness (QED) is 0.829. The van der Waals surface area contributed by atoms with E-state index in [1.54, 1.807) is 23.1 Å². The number of rotatable bonds is 4. The van der Waals surface area contributed by atoms with E-state index in [9.17, 15) is 4.21 Å². The van der Waals surface area contributed by atoms with Gasteiger partial charge in [0, 0.05) is 34.1 Å². The highest BCUT2D eigenvalue weighted by atomic mass is 32.2. The van der Waals surface area contributed by atoms with Crippen LogP contribution in [-0.4, -0.2) is 36.4 Å². The third-order valence-electron chi connectivity index (χ3n) is 2.56. The van der Waals surface area contributed by atoms with Crippen LogP contribution in [0.15, 0.2) is 24.3 Å². The predicted octanol–water partition coefficient (Wildman–Crippen LogP) is 0.862. The molecule has 2 atom stereocenters. The summed E-state index contributed by atoms with van der Waals surface area (Å²) in [6.07, 6.45) is 1.67. The third-order valence-corrected chi connectivity index (χ3v) is 3.51. The Balaban J connectivity index is 2.32. The fourth-order valence-corrected chi connectivity index (χ4v) is 2.54. The van der Waals surface area contributed by atoms with Gasteiger partial charge in [0.15, 0.2) is 5.82 Å². The molecule has 0 aliphatic carbocycles. The zero-order valence-corrected chi connectivity index (χ0v) is 11.1. The summed E-state index contributed by atoms with van der Waals surface area (Å²) in [4.78, 5) is 0. The van der Waals surface area contributed by atoms with Crippen molar-refractivity contribution < 1.29 is 4.21 Å². The second-order valence-electron chi connectivity index (χ2n) is 4.16. The first kappa shape index (κ1) is 12.7. The summed E-state index contributed by atoms with van der Waals surface area (Å²) < 4.78 is 12.9. The zero-order valence-electron chi connectivity index (χ0n) is 10.3. The van der Waals surface area contributed by atoms with E-state index in [4.69, 9.17) is 5.73 Å². The van der Waals surface area contributed by atoms with Crippen molar-refractivity contribution in [2.45, 2.75) is 13.0 Å². The maximum absolute atomic E-state index is 11.3. The zero-order chi connectivity index (χ0) is 13.1. The smallest absolute Gasteiger partial charge is 0.182 e. The van der Waals surface area contributed by atoms with E-state index in [1.807, 2.05) is 19.1 Å². The lowest BCUT2D eigenvalue weighted by Crippen LogP contribution is -2.15. The molecule has 96 valence electrons. The summed E-state index contributed by atoms with van der Waals surface area (Å²) in [6, 6.07) is 7.33. The van der Waals surface area contributed by atoms with Crippen molar-refractivity contribution in [2.24, 2.45) is 0 Å². The van der Waals surface area contributed by atoms with Crippen molar-refractivity contribution in [2.75, 3.05) is 17.7 Å². The Kier molecular flexibility index (Phi) is 3.71. The van der Waals surface area contributed by atoms with Gasteiger partial charge >= 0.3 is 0 Å². The topological polar surface area (TPSA) is 86.7 Å². The fraction of sp³-hybridized carbons (Fsp3) is 0.364. The molecule has 7 heteroatoms. The Morgan fingerprint density at radius 3 is 2.67 bits per heavy atom. The lowest BCUT2D eigenvalue weighted by atomic mass is 10.2. The van der Waals surface area contributed by atoms with Gasteiger partial charge in [0.1, 0.15) is 0 Å². The molecule has 0 aliphatic rings. The van der Waals surface area contributed by atoms with Gasteiger partial charge in [-0.3, -0.25) is 4.21 Å². The highest BCUT2D eigenvalue weighted by Gasteiger charge is 2.15. The second kappa shape index (κ2) is 5.26. The number of anilines is 1. The molecule has 0 aliphatic heterocycles. The van der Waals surface area contributed by atoms with Gasteiger partial charge in [-0.2, -0.15) is 0 Å². The number of benzene rings is 1. The molecule has 2 N–H and O–H groups in total. The van der Waals surface area contributed by atoms with Gasteiger partial charge in [0.2, 0.25) is 0 Å². The number of tetrazole rings is 1. The molecule has 0 bridgehead atoms. The Morgan fingerprint density at radius 2 is 2.06 bits per heavy atom. The Morgan fingerprint density at radius 1 is 1.39 bits per heavy atom. The van der Waals surface area contributed by atoms with Crippen LogP contribution in [0.3, 0.4) is 0 Å². The maximum atomic E-state index is 11.3. The lowest BCUT2D eigenvalue weighted by molar-refractivity contribution is 0.521. The molecule has 1 aromatic heterocycles. The average Bonchev–Trinajstić information content (AvgIpc) is 2.78. The molecular weight excluding hydrogens is 250 g/mol. The normalized spacial score (nSPS) is 14.3. The van der Waals surface area contributed by atoms with Gasteiger partial charge in [-0.1, -0.05) is 0 Å². The molecule has 6 nitrogen and oxygen atoms in total. The van der Waals surface area contributed by atoms with Crippen LogP contribution in [0.1, 0.15) is 13.0 Å². The minimum Gasteiger partial charge on any atom is -0.399 e. The van der Waals surface area contributed by atoms with E-state index < -0.39 is 10.8 Å². The van der Waals surface area contributed by atoms with E-state index in [0.29, 0.717) is 17.3 Å². The molecule has 2 rings (SSSR count). The van der Waals surface area contributed by atoms with Crippen molar-refractivity contribution in [3.05, 3.63) is 24.3 Å². The SMILES string of the molecule is CC(CS(C)=O)n1nnnc1-c1ccc(N)cc1. The molecule has 0 amide bonds. The van der Waals surface area contributed by atoms with Crippen molar-refractivity contribution >= 4 is 16.5 Å². The van der Waals surface area contributed by atoms with Gasteiger partial charge < -0.3 is 5.73 Å². The molecule has 2 aromatic rings. The molecule has 18 heavy (non-hydrogen) atoms. The lowest BCUT2D eigenvalue weighted by Gasteiger charge is -2.11. The van der Waals surface area contributed by atoms with E-state index in [-0.39, 0.29) is 6.04 Å². The molecule has 1 heterocycles. The maximum Gasteiger partial charge on any atom is 0.182 e. The Bertz CT molecular complexity index is 551.